The van der Waals surface area contributed by atoms with E-state index in [-0.39, 0.29) is 24.4 Å². The molecule has 7 nitrogen and oxygen atoms in total. The number of fused-ring (bicyclic) bond motifs is 1. The molecule has 2 unspecified atom stereocenters. The van der Waals surface area contributed by atoms with Gasteiger partial charge in [-0.3, -0.25) is 9.59 Å². The zero-order valence-electron chi connectivity index (χ0n) is 15.5. The van der Waals surface area contributed by atoms with Crippen LogP contribution in [0.25, 0.3) is 0 Å². The average molecular weight is 381 g/mol. The summed E-state index contributed by atoms with van der Waals surface area (Å²) in [5, 5.41) is 2.82. The zero-order chi connectivity index (χ0) is 19.5. The highest BCUT2D eigenvalue weighted by atomic mass is 16.6. The van der Waals surface area contributed by atoms with Crippen LogP contribution in [0.15, 0.2) is 48.5 Å². The van der Waals surface area contributed by atoms with Gasteiger partial charge in [0.25, 0.3) is 0 Å². The molecule has 0 aliphatic carbocycles. The second-order valence-corrected chi connectivity index (χ2v) is 6.92. The Kier molecular flexibility index (Phi) is 5.16. The lowest BCUT2D eigenvalue weighted by Gasteiger charge is -2.22. The van der Waals surface area contributed by atoms with Crippen molar-refractivity contribution in [2.45, 2.75) is 12.5 Å². The number of carbonyl (C=O) groups is 2. The van der Waals surface area contributed by atoms with Crippen molar-refractivity contribution in [1.29, 1.82) is 0 Å². The molecule has 3 N–H and O–H groups in total. The fourth-order valence-corrected chi connectivity index (χ4v) is 3.53. The quantitative estimate of drug-likeness (QED) is 0.768. The summed E-state index contributed by atoms with van der Waals surface area (Å²) in [7, 11) is 0. The van der Waals surface area contributed by atoms with Gasteiger partial charge in [0.15, 0.2) is 11.5 Å². The second kappa shape index (κ2) is 7.90. The molecule has 28 heavy (non-hydrogen) atoms. The van der Waals surface area contributed by atoms with Gasteiger partial charge in [-0.2, -0.15) is 0 Å². The van der Waals surface area contributed by atoms with Gasteiger partial charge in [0, 0.05) is 30.9 Å². The standard InChI is InChI=1S/C21H23N3O4/c22-17(14-4-2-1-3-5-14)13-23-20(25)16-8-9-24(21(16)26)15-6-7-18-19(12-15)28-11-10-27-18/h1-7,12,16-17H,8-11,13,22H2,(H,23,25). The van der Waals surface area contributed by atoms with Crippen LogP contribution in [0.1, 0.15) is 18.0 Å². The van der Waals surface area contributed by atoms with E-state index in [1.807, 2.05) is 36.4 Å². The van der Waals surface area contributed by atoms with Gasteiger partial charge in [-0.25, -0.2) is 0 Å². The lowest BCUT2D eigenvalue weighted by molar-refractivity contribution is -0.132. The molecule has 0 radical (unpaired) electrons. The Hall–Kier alpha value is -3.06. The SMILES string of the molecule is NC(CNC(=O)C1CCN(c2ccc3c(c2)OCCO3)C1=O)c1ccccc1. The summed E-state index contributed by atoms with van der Waals surface area (Å²) in [6.07, 6.45) is 0.472. The molecule has 0 aromatic heterocycles. The molecule has 146 valence electrons. The summed E-state index contributed by atoms with van der Waals surface area (Å²) in [5.41, 5.74) is 7.78. The van der Waals surface area contributed by atoms with Crippen molar-refractivity contribution in [2.24, 2.45) is 11.7 Å². The van der Waals surface area contributed by atoms with E-state index in [1.54, 1.807) is 17.0 Å². The molecule has 2 amide bonds. The highest BCUT2D eigenvalue weighted by molar-refractivity contribution is 6.09. The predicted molar refractivity (Wildman–Crippen MR) is 104 cm³/mol. The van der Waals surface area contributed by atoms with Crippen LogP contribution in [-0.4, -0.2) is 38.1 Å². The van der Waals surface area contributed by atoms with E-state index in [9.17, 15) is 9.59 Å². The number of nitrogens with one attached hydrogen (secondary N) is 1. The summed E-state index contributed by atoms with van der Waals surface area (Å²) in [5.74, 6) is 0.110. The first kappa shape index (κ1) is 18.3. The third-order valence-corrected chi connectivity index (χ3v) is 5.08. The number of hydrogen-bond acceptors (Lipinski definition) is 5. The Labute approximate surface area is 163 Å². The van der Waals surface area contributed by atoms with Crippen LogP contribution in [0.4, 0.5) is 5.69 Å². The number of carbonyl (C=O) groups excluding carboxylic acids is 2. The van der Waals surface area contributed by atoms with Crippen LogP contribution >= 0.6 is 0 Å². The van der Waals surface area contributed by atoms with Gasteiger partial charge in [0.1, 0.15) is 19.1 Å². The van der Waals surface area contributed by atoms with Crippen molar-refractivity contribution in [2.75, 3.05) is 31.2 Å². The highest BCUT2D eigenvalue weighted by Gasteiger charge is 2.38. The summed E-state index contributed by atoms with van der Waals surface area (Å²) in [6, 6.07) is 14.7. The first-order valence-electron chi connectivity index (χ1n) is 9.43. The molecule has 0 bridgehead atoms. The molecule has 2 heterocycles. The smallest absolute Gasteiger partial charge is 0.239 e. The number of nitrogens with zero attached hydrogens (tertiary/aromatic N) is 1. The van der Waals surface area contributed by atoms with Gasteiger partial charge in [0.05, 0.1) is 0 Å². The third-order valence-electron chi connectivity index (χ3n) is 5.08. The van der Waals surface area contributed by atoms with Gasteiger partial charge < -0.3 is 25.4 Å². The molecular weight excluding hydrogens is 358 g/mol. The van der Waals surface area contributed by atoms with Crippen molar-refractivity contribution < 1.29 is 19.1 Å². The first-order valence-corrected chi connectivity index (χ1v) is 9.43. The molecule has 2 aromatic rings. The Morgan fingerprint density at radius 2 is 1.89 bits per heavy atom. The molecule has 0 spiro atoms. The van der Waals surface area contributed by atoms with Crippen LogP contribution in [0, 0.1) is 5.92 Å². The Bertz CT molecular complexity index is 871. The lowest BCUT2D eigenvalue weighted by atomic mass is 10.1. The average Bonchev–Trinajstić information content (AvgIpc) is 3.13. The molecule has 1 saturated heterocycles. The van der Waals surface area contributed by atoms with E-state index < -0.39 is 5.92 Å². The maximum Gasteiger partial charge on any atom is 0.239 e. The number of benzene rings is 2. The Morgan fingerprint density at radius 1 is 1.14 bits per heavy atom. The summed E-state index contributed by atoms with van der Waals surface area (Å²) in [4.78, 5) is 27.0. The Morgan fingerprint density at radius 3 is 2.68 bits per heavy atom. The topological polar surface area (TPSA) is 93.9 Å². The zero-order valence-corrected chi connectivity index (χ0v) is 15.5. The molecule has 2 aliphatic heterocycles. The van der Waals surface area contributed by atoms with E-state index in [0.717, 1.165) is 5.56 Å². The number of ether oxygens (including phenoxy) is 2. The van der Waals surface area contributed by atoms with Crippen LogP contribution in [-0.2, 0) is 9.59 Å². The predicted octanol–water partition coefficient (Wildman–Crippen LogP) is 1.63. The van der Waals surface area contributed by atoms with E-state index in [1.165, 1.54) is 0 Å². The molecule has 2 aromatic carbocycles. The monoisotopic (exact) mass is 381 g/mol. The van der Waals surface area contributed by atoms with Gasteiger partial charge in [-0.15, -0.1) is 0 Å². The van der Waals surface area contributed by atoms with Crippen molar-refractivity contribution >= 4 is 17.5 Å². The van der Waals surface area contributed by atoms with Gasteiger partial charge in [0.2, 0.25) is 11.8 Å². The van der Waals surface area contributed by atoms with E-state index in [2.05, 4.69) is 5.32 Å². The van der Waals surface area contributed by atoms with Crippen molar-refractivity contribution in [1.82, 2.24) is 5.32 Å². The van der Waals surface area contributed by atoms with E-state index in [4.69, 9.17) is 15.2 Å². The second-order valence-electron chi connectivity index (χ2n) is 6.92. The van der Waals surface area contributed by atoms with Gasteiger partial charge in [-0.1, -0.05) is 30.3 Å². The maximum absolute atomic E-state index is 12.8. The minimum Gasteiger partial charge on any atom is -0.486 e. The van der Waals surface area contributed by atoms with Crippen molar-refractivity contribution in [3.05, 3.63) is 54.1 Å². The fraction of sp³-hybridized carbons (Fsp3) is 0.333. The minimum atomic E-state index is -0.698. The number of hydrogen-bond donors (Lipinski definition) is 2. The number of nitrogens with two attached hydrogens (primary N) is 1. The number of anilines is 1. The van der Waals surface area contributed by atoms with Gasteiger partial charge in [-0.05, 0) is 24.1 Å². The number of rotatable bonds is 5. The van der Waals surface area contributed by atoms with E-state index in [0.29, 0.717) is 43.4 Å². The summed E-state index contributed by atoms with van der Waals surface area (Å²) < 4.78 is 11.1. The first-order chi connectivity index (χ1) is 13.6. The molecule has 1 fully saturated rings. The largest absolute Gasteiger partial charge is 0.486 e. The number of amides is 2. The summed E-state index contributed by atoms with van der Waals surface area (Å²) in [6.45, 7) is 1.78. The Balaban J connectivity index is 1.38. The molecule has 2 aliphatic rings. The maximum atomic E-state index is 12.8. The molecule has 2 atom stereocenters. The van der Waals surface area contributed by atoms with Crippen molar-refractivity contribution in [3.8, 4) is 11.5 Å². The molecular formula is C21H23N3O4. The van der Waals surface area contributed by atoms with Gasteiger partial charge >= 0.3 is 0 Å². The fourth-order valence-electron chi connectivity index (χ4n) is 3.53. The molecule has 4 rings (SSSR count). The molecule has 7 heteroatoms. The van der Waals surface area contributed by atoms with Crippen LogP contribution < -0.4 is 25.4 Å². The minimum absolute atomic E-state index is 0.206. The van der Waals surface area contributed by atoms with Crippen LogP contribution in [0.5, 0.6) is 11.5 Å². The summed E-state index contributed by atoms with van der Waals surface area (Å²) >= 11 is 0. The van der Waals surface area contributed by atoms with E-state index >= 15 is 0 Å². The van der Waals surface area contributed by atoms with Crippen LogP contribution in [0.2, 0.25) is 0 Å². The molecule has 0 saturated carbocycles. The third kappa shape index (κ3) is 3.66. The van der Waals surface area contributed by atoms with Crippen LogP contribution in [0.3, 0.4) is 0 Å². The highest BCUT2D eigenvalue weighted by Crippen LogP contribution is 2.36. The lowest BCUT2D eigenvalue weighted by Crippen LogP contribution is -2.39. The normalized spacial score (nSPS) is 19.4. The van der Waals surface area contributed by atoms with Crippen molar-refractivity contribution in [3.63, 3.8) is 0 Å².